The van der Waals surface area contributed by atoms with E-state index in [1.165, 1.54) is 24.3 Å². The number of hydrogen-bond donors (Lipinski definition) is 2. The number of sulfone groups is 1. The predicted molar refractivity (Wildman–Crippen MR) is 123 cm³/mol. The van der Waals surface area contributed by atoms with Crippen LogP contribution in [0.15, 0.2) is 53.4 Å². The smallest absolute Gasteiger partial charge is 0.255 e. The SMILES string of the molecule is O=C(Nc1cccc(CN2CCCC2=O)c1)c1ccc(S(=O)(=O)NC2CCS(=O)(=O)C2)cc1. The predicted octanol–water partition coefficient (Wildman–Crippen LogP) is 1.53. The van der Waals surface area contributed by atoms with Gasteiger partial charge < -0.3 is 10.2 Å². The van der Waals surface area contributed by atoms with E-state index < -0.39 is 31.8 Å². The summed E-state index contributed by atoms with van der Waals surface area (Å²) in [6.07, 6.45) is 1.67. The number of anilines is 1. The number of rotatable bonds is 7. The molecule has 2 aromatic rings. The number of carbonyl (C=O) groups excluding carboxylic acids is 2. The lowest BCUT2D eigenvalue weighted by Crippen LogP contribution is -2.35. The number of amides is 2. The van der Waals surface area contributed by atoms with Crippen molar-refractivity contribution in [1.82, 2.24) is 9.62 Å². The summed E-state index contributed by atoms with van der Waals surface area (Å²) in [5, 5.41) is 2.79. The van der Waals surface area contributed by atoms with E-state index in [1.807, 2.05) is 12.1 Å². The summed E-state index contributed by atoms with van der Waals surface area (Å²) >= 11 is 0. The number of hydrogen-bond acceptors (Lipinski definition) is 6. The summed E-state index contributed by atoms with van der Waals surface area (Å²) in [5.74, 6) is -0.515. The zero-order valence-corrected chi connectivity index (χ0v) is 19.5. The van der Waals surface area contributed by atoms with Gasteiger partial charge in [0.25, 0.3) is 5.91 Å². The molecule has 4 rings (SSSR count). The van der Waals surface area contributed by atoms with Gasteiger partial charge in [-0.15, -0.1) is 0 Å². The molecule has 2 aliphatic rings. The van der Waals surface area contributed by atoms with Crippen LogP contribution in [0.4, 0.5) is 5.69 Å². The van der Waals surface area contributed by atoms with Gasteiger partial charge >= 0.3 is 0 Å². The van der Waals surface area contributed by atoms with E-state index in [9.17, 15) is 26.4 Å². The first-order valence-corrected chi connectivity index (χ1v) is 13.9. The summed E-state index contributed by atoms with van der Waals surface area (Å²) in [7, 11) is -7.11. The van der Waals surface area contributed by atoms with Crippen molar-refractivity contribution < 1.29 is 26.4 Å². The highest BCUT2D eigenvalue weighted by Gasteiger charge is 2.31. The molecule has 0 aromatic heterocycles. The minimum absolute atomic E-state index is 0.0329. The van der Waals surface area contributed by atoms with Gasteiger partial charge in [0.05, 0.1) is 16.4 Å². The Morgan fingerprint density at radius 2 is 1.88 bits per heavy atom. The van der Waals surface area contributed by atoms with Crippen LogP contribution in [0.3, 0.4) is 0 Å². The van der Waals surface area contributed by atoms with Crippen LogP contribution in [0.1, 0.15) is 35.2 Å². The minimum Gasteiger partial charge on any atom is -0.338 e. The van der Waals surface area contributed by atoms with Gasteiger partial charge in [0, 0.05) is 36.8 Å². The van der Waals surface area contributed by atoms with E-state index in [2.05, 4.69) is 10.0 Å². The summed E-state index contributed by atoms with van der Waals surface area (Å²) in [5.41, 5.74) is 1.76. The molecule has 2 heterocycles. The third kappa shape index (κ3) is 5.79. The van der Waals surface area contributed by atoms with Crippen LogP contribution in [-0.4, -0.2) is 57.6 Å². The van der Waals surface area contributed by atoms with Gasteiger partial charge in [-0.2, -0.15) is 0 Å². The van der Waals surface area contributed by atoms with Gasteiger partial charge in [0.2, 0.25) is 15.9 Å². The average molecular weight is 492 g/mol. The fourth-order valence-corrected chi connectivity index (χ4v) is 7.05. The Morgan fingerprint density at radius 3 is 2.52 bits per heavy atom. The van der Waals surface area contributed by atoms with Crippen LogP contribution in [0, 0.1) is 0 Å². The van der Waals surface area contributed by atoms with Gasteiger partial charge in [-0.3, -0.25) is 9.59 Å². The molecule has 0 bridgehead atoms. The second kappa shape index (κ2) is 9.24. The van der Waals surface area contributed by atoms with Crippen LogP contribution in [0.5, 0.6) is 0 Å². The molecule has 33 heavy (non-hydrogen) atoms. The highest BCUT2D eigenvalue weighted by atomic mass is 32.2. The van der Waals surface area contributed by atoms with E-state index in [-0.39, 0.29) is 34.3 Å². The molecule has 2 fully saturated rings. The molecule has 0 aliphatic carbocycles. The van der Waals surface area contributed by atoms with Gasteiger partial charge in [0.15, 0.2) is 9.84 Å². The van der Waals surface area contributed by atoms with Crippen molar-refractivity contribution in [2.75, 3.05) is 23.4 Å². The Kier molecular flexibility index (Phi) is 6.55. The van der Waals surface area contributed by atoms with Crippen molar-refractivity contribution >= 4 is 37.4 Å². The molecular formula is C22H25N3O6S2. The van der Waals surface area contributed by atoms with Crippen molar-refractivity contribution in [1.29, 1.82) is 0 Å². The lowest BCUT2D eigenvalue weighted by molar-refractivity contribution is -0.128. The van der Waals surface area contributed by atoms with Crippen molar-refractivity contribution in [2.45, 2.75) is 36.7 Å². The van der Waals surface area contributed by atoms with E-state index >= 15 is 0 Å². The number of carbonyl (C=O) groups is 2. The zero-order valence-electron chi connectivity index (χ0n) is 17.9. The van der Waals surface area contributed by atoms with Crippen LogP contribution in [0.25, 0.3) is 0 Å². The first kappa shape index (κ1) is 23.4. The highest BCUT2D eigenvalue weighted by molar-refractivity contribution is 7.92. The summed E-state index contributed by atoms with van der Waals surface area (Å²) < 4.78 is 50.6. The fraction of sp³-hybridized carbons (Fsp3) is 0.364. The molecule has 2 N–H and O–H groups in total. The Morgan fingerprint density at radius 1 is 1.12 bits per heavy atom. The molecular weight excluding hydrogens is 466 g/mol. The quantitative estimate of drug-likeness (QED) is 0.604. The maximum Gasteiger partial charge on any atom is 0.255 e. The normalized spacial score (nSPS) is 20.2. The van der Waals surface area contributed by atoms with E-state index in [0.29, 0.717) is 18.7 Å². The first-order valence-electron chi connectivity index (χ1n) is 10.6. The van der Waals surface area contributed by atoms with Gasteiger partial charge in [-0.25, -0.2) is 21.6 Å². The van der Waals surface area contributed by atoms with Crippen LogP contribution >= 0.6 is 0 Å². The van der Waals surface area contributed by atoms with Crippen molar-refractivity contribution in [2.24, 2.45) is 0 Å². The fourth-order valence-electron chi connectivity index (χ4n) is 4.00. The third-order valence-corrected chi connectivity index (χ3v) is 9.02. The zero-order chi connectivity index (χ0) is 23.6. The average Bonchev–Trinajstić information content (AvgIpc) is 3.32. The molecule has 2 amide bonds. The Labute approximate surface area is 193 Å². The minimum atomic E-state index is -3.90. The number of likely N-dealkylation sites (tertiary alicyclic amines) is 1. The molecule has 0 saturated carbocycles. The topological polar surface area (TPSA) is 130 Å². The molecule has 176 valence electrons. The standard InChI is InChI=1S/C22H25N3O6S2/c26-21-5-2-11-25(21)14-16-3-1-4-18(13-16)23-22(27)17-6-8-20(9-7-17)33(30,31)24-19-10-12-32(28,29)15-19/h1,3-4,6-9,13,19,24H,2,5,10-12,14-15H2,(H,23,27). The lowest BCUT2D eigenvalue weighted by Gasteiger charge is -2.16. The molecule has 9 nitrogen and oxygen atoms in total. The Hall–Kier alpha value is -2.76. The maximum atomic E-state index is 12.6. The molecule has 1 unspecified atom stereocenters. The summed E-state index contributed by atoms with van der Waals surface area (Å²) in [6.45, 7) is 1.22. The second-order valence-corrected chi connectivity index (χ2v) is 12.3. The summed E-state index contributed by atoms with van der Waals surface area (Å²) in [4.78, 5) is 26.2. The highest BCUT2D eigenvalue weighted by Crippen LogP contribution is 2.19. The van der Waals surface area contributed by atoms with Gasteiger partial charge in [0.1, 0.15) is 0 Å². The summed E-state index contributed by atoms with van der Waals surface area (Å²) in [6, 6.07) is 12.0. The largest absolute Gasteiger partial charge is 0.338 e. The van der Waals surface area contributed by atoms with Crippen molar-refractivity contribution in [3.8, 4) is 0 Å². The van der Waals surface area contributed by atoms with Gasteiger partial charge in [-0.1, -0.05) is 12.1 Å². The lowest BCUT2D eigenvalue weighted by atomic mass is 10.1. The first-order chi connectivity index (χ1) is 15.6. The number of sulfonamides is 1. The van der Waals surface area contributed by atoms with E-state index in [0.717, 1.165) is 18.5 Å². The van der Waals surface area contributed by atoms with E-state index in [1.54, 1.807) is 17.0 Å². The Balaban J connectivity index is 1.39. The molecule has 11 heteroatoms. The van der Waals surface area contributed by atoms with Crippen LogP contribution in [0.2, 0.25) is 0 Å². The molecule has 2 aromatic carbocycles. The molecule has 0 spiro atoms. The Bertz CT molecular complexity index is 1270. The third-order valence-electron chi connectivity index (χ3n) is 5.71. The van der Waals surface area contributed by atoms with Crippen molar-refractivity contribution in [3.63, 3.8) is 0 Å². The molecule has 0 radical (unpaired) electrons. The van der Waals surface area contributed by atoms with Crippen molar-refractivity contribution in [3.05, 3.63) is 59.7 Å². The molecule has 2 saturated heterocycles. The monoisotopic (exact) mass is 491 g/mol. The number of benzene rings is 2. The van der Waals surface area contributed by atoms with Gasteiger partial charge in [-0.05, 0) is 54.8 Å². The van der Waals surface area contributed by atoms with Crippen LogP contribution < -0.4 is 10.0 Å². The maximum absolute atomic E-state index is 12.6. The molecule has 1 atom stereocenters. The van der Waals surface area contributed by atoms with Crippen LogP contribution in [-0.2, 0) is 31.2 Å². The number of nitrogens with zero attached hydrogens (tertiary/aromatic N) is 1. The van der Waals surface area contributed by atoms with E-state index in [4.69, 9.17) is 0 Å². The molecule has 2 aliphatic heterocycles. The number of nitrogens with one attached hydrogen (secondary N) is 2. The second-order valence-electron chi connectivity index (χ2n) is 8.32.